The molecule has 0 fully saturated rings. The summed E-state index contributed by atoms with van der Waals surface area (Å²) < 4.78 is 36.9. The Labute approximate surface area is 119 Å². The van der Waals surface area contributed by atoms with Gasteiger partial charge in [-0.3, -0.25) is 15.1 Å². The van der Waals surface area contributed by atoms with Crippen LogP contribution in [0.15, 0.2) is 29.4 Å². The minimum atomic E-state index is -4.55. The third kappa shape index (κ3) is 4.17. The summed E-state index contributed by atoms with van der Waals surface area (Å²) in [4.78, 5) is 16.2. The van der Waals surface area contributed by atoms with Gasteiger partial charge in [0.05, 0.1) is 5.75 Å². The lowest BCUT2D eigenvalue weighted by Crippen LogP contribution is -2.13. The number of hydrogen-bond acceptors (Lipinski definition) is 6. The molecular formula is C10H7F3N4OS2. The molecule has 0 saturated heterocycles. The van der Waals surface area contributed by atoms with E-state index in [-0.39, 0.29) is 10.9 Å². The molecule has 106 valence electrons. The number of pyridine rings is 1. The van der Waals surface area contributed by atoms with E-state index in [2.05, 4.69) is 20.5 Å². The second-order valence-corrected chi connectivity index (χ2v) is 5.46. The monoisotopic (exact) mass is 320 g/mol. The Balaban J connectivity index is 1.87. The van der Waals surface area contributed by atoms with Crippen LogP contribution in [0.4, 0.5) is 18.3 Å². The molecule has 0 aliphatic heterocycles. The highest BCUT2D eigenvalue weighted by molar-refractivity contribution is 8.00. The molecule has 0 aliphatic rings. The van der Waals surface area contributed by atoms with Gasteiger partial charge in [-0.25, -0.2) is 0 Å². The van der Waals surface area contributed by atoms with Crippen molar-refractivity contribution >= 4 is 34.1 Å². The molecule has 0 bridgehead atoms. The molecule has 0 aliphatic carbocycles. The molecule has 20 heavy (non-hydrogen) atoms. The number of halogens is 3. The van der Waals surface area contributed by atoms with Gasteiger partial charge in [-0.2, -0.15) is 13.2 Å². The molecule has 0 unspecified atom stereocenters. The summed E-state index contributed by atoms with van der Waals surface area (Å²) in [5.74, 6) is -0.387. The zero-order valence-corrected chi connectivity index (χ0v) is 11.3. The van der Waals surface area contributed by atoms with Gasteiger partial charge >= 0.3 is 6.18 Å². The maximum Gasteiger partial charge on any atom is 0.445 e. The standard InChI is InChI=1S/C10H7F3N4OS2/c11-10(12,13)8-16-17-9(20-8)15-7(18)5-19-6-1-3-14-4-2-6/h1-4H,5H2,(H,15,17,18). The molecule has 1 amide bonds. The molecule has 0 spiro atoms. The largest absolute Gasteiger partial charge is 0.445 e. The van der Waals surface area contributed by atoms with Gasteiger partial charge in [0.25, 0.3) is 0 Å². The number of anilines is 1. The molecule has 2 heterocycles. The number of nitrogens with zero attached hydrogens (tertiary/aromatic N) is 3. The lowest BCUT2D eigenvalue weighted by Gasteiger charge is -2.01. The first kappa shape index (κ1) is 14.7. The number of alkyl halides is 3. The van der Waals surface area contributed by atoms with Gasteiger partial charge in [0.2, 0.25) is 16.0 Å². The molecule has 0 aromatic carbocycles. The highest BCUT2D eigenvalue weighted by Gasteiger charge is 2.35. The quantitative estimate of drug-likeness (QED) is 0.877. The number of thioether (sulfide) groups is 1. The number of amides is 1. The summed E-state index contributed by atoms with van der Waals surface area (Å²) in [6.07, 6.45) is -1.38. The van der Waals surface area contributed by atoms with E-state index in [1.165, 1.54) is 11.8 Å². The summed E-state index contributed by atoms with van der Waals surface area (Å²) in [6.45, 7) is 0. The van der Waals surface area contributed by atoms with E-state index in [1.807, 2.05) is 0 Å². The van der Waals surface area contributed by atoms with Crippen molar-refractivity contribution in [3.8, 4) is 0 Å². The highest BCUT2D eigenvalue weighted by Crippen LogP contribution is 2.33. The highest BCUT2D eigenvalue weighted by atomic mass is 32.2. The fourth-order valence-electron chi connectivity index (χ4n) is 1.13. The minimum absolute atomic E-state index is 0.0605. The van der Waals surface area contributed by atoms with E-state index in [4.69, 9.17) is 0 Å². The van der Waals surface area contributed by atoms with Crippen LogP contribution < -0.4 is 5.32 Å². The van der Waals surface area contributed by atoms with Crippen molar-refractivity contribution in [2.45, 2.75) is 11.1 Å². The van der Waals surface area contributed by atoms with Crippen molar-refractivity contribution in [3.63, 3.8) is 0 Å². The van der Waals surface area contributed by atoms with Crippen molar-refractivity contribution in [1.29, 1.82) is 0 Å². The molecule has 0 saturated carbocycles. The van der Waals surface area contributed by atoms with Crippen LogP contribution in [-0.4, -0.2) is 26.8 Å². The van der Waals surface area contributed by atoms with Gasteiger partial charge in [-0.1, -0.05) is 11.3 Å². The molecule has 2 aromatic rings. The second kappa shape index (κ2) is 6.18. The topological polar surface area (TPSA) is 67.8 Å². The normalized spacial score (nSPS) is 11.3. The SMILES string of the molecule is O=C(CSc1ccncc1)Nc1nnc(C(F)(F)F)s1. The lowest BCUT2D eigenvalue weighted by atomic mass is 10.5. The van der Waals surface area contributed by atoms with Gasteiger partial charge in [0, 0.05) is 17.3 Å². The van der Waals surface area contributed by atoms with E-state index in [1.54, 1.807) is 24.5 Å². The maximum atomic E-state index is 12.3. The number of carbonyl (C=O) groups excluding carboxylic acids is 1. The van der Waals surface area contributed by atoms with Crippen LogP contribution in [0.3, 0.4) is 0 Å². The van der Waals surface area contributed by atoms with Crippen LogP contribution in [-0.2, 0) is 11.0 Å². The van der Waals surface area contributed by atoms with Gasteiger partial charge < -0.3 is 0 Å². The third-order valence-electron chi connectivity index (χ3n) is 1.93. The van der Waals surface area contributed by atoms with Crippen molar-refractivity contribution in [1.82, 2.24) is 15.2 Å². The van der Waals surface area contributed by atoms with Crippen LogP contribution in [0.2, 0.25) is 0 Å². The zero-order valence-electron chi connectivity index (χ0n) is 9.72. The molecule has 5 nitrogen and oxygen atoms in total. The van der Waals surface area contributed by atoms with Gasteiger partial charge in [-0.15, -0.1) is 22.0 Å². The minimum Gasteiger partial charge on any atom is -0.300 e. The van der Waals surface area contributed by atoms with Gasteiger partial charge in [0.1, 0.15) is 0 Å². The number of aromatic nitrogens is 3. The van der Waals surface area contributed by atoms with Crippen molar-refractivity contribution in [2.75, 3.05) is 11.1 Å². The predicted octanol–water partition coefficient (Wildman–Crippen LogP) is 2.68. The van der Waals surface area contributed by atoms with Crippen molar-refractivity contribution in [3.05, 3.63) is 29.5 Å². The summed E-state index contributed by atoms with van der Waals surface area (Å²) in [7, 11) is 0. The molecule has 0 radical (unpaired) electrons. The summed E-state index contributed by atoms with van der Waals surface area (Å²) in [5.41, 5.74) is 0. The van der Waals surface area contributed by atoms with E-state index in [9.17, 15) is 18.0 Å². The van der Waals surface area contributed by atoms with Gasteiger partial charge in [0.15, 0.2) is 0 Å². The Morgan fingerprint density at radius 3 is 2.60 bits per heavy atom. The van der Waals surface area contributed by atoms with Crippen LogP contribution in [0, 0.1) is 0 Å². The van der Waals surface area contributed by atoms with Gasteiger partial charge in [-0.05, 0) is 12.1 Å². The first-order chi connectivity index (χ1) is 9.45. The number of rotatable bonds is 4. The van der Waals surface area contributed by atoms with E-state index in [0.29, 0.717) is 11.3 Å². The summed E-state index contributed by atoms with van der Waals surface area (Å²) in [6, 6.07) is 3.45. The van der Waals surface area contributed by atoms with Crippen LogP contribution in [0.1, 0.15) is 5.01 Å². The van der Waals surface area contributed by atoms with E-state index < -0.39 is 17.1 Å². The Bertz CT molecular complexity index is 588. The lowest BCUT2D eigenvalue weighted by molar-refractivity contribution is -0.138. The van der Waals surface area contributed by atoms with E-state index >= 15 is 0 Å². The van der Waals surface area contributed by atoms with Crippen LogP contribution in [0.5, 0.6) is 0 Å². The predicted molar refractivity (Wildman–Crippen MR) is 68.5 cm³/mol. The first-order valence-corrected chi connectivity index (χ1v) is 6.99. The first-order valence-electron chi connectivity index (χ1n) is 5.18. The van der Waals surface area contributed by atoms with Crippen molar-refractivity contribution < 1.29 is 18.0 Å². The molecule has 0 atom stereocenters. The molecule has 1 N–H and O–H groups in total. The number of hydrogen-bond donors (Lipinski definition) is 1. The van der Waals surface area contributed by atoms with Crippen LogP contribution in [0.25, 0.3) is 0 Å². The average molecular weight is 320 g/mol. The Hall–Kier alpha value is -1.68. The Kier molecular flexibility index (Phi) is 4.55. The number of carbonyl (C=O) groups is 1. The molecular weight excluding hydrogens is 313 g/mol. The fraction of sp³-hybridized carbons (Fsp3) is 0.200. The molecule has 2 aromatic heterocycles. The number of nitrogens with one attached hydrogen (secondary N) is 1. The van der Waals surface area contributed by atoms with Crippen LogP contribution >= 0.6 is 23.1 Å². The smallest absolute Gasteiger partial charge is 0.300 e. The average Bonchev–Trinajstić information content (AvgIpc) is 2.86. The van der Waals surface area contributed by atoms with E-state index in [0.717, 1.165) is 4.90 Å². The second-order valence-electron chi connectivity index (χ2n) is 3.43. The summed E-state index contributed by atoms with van der Waals surface area (Å²) >= 11 is 1.53. The Morgan fingerprint density at radius 1 is 1.30 bits per heavy atom. The summed E-state index contributed by atoms with van der Waals surface area (Å²) in [5, 5.41) is 7.26. The Morgan fingerprint density at radius 2 is 2.00 bits per heavy atom. The molecule has 10 heteroatoms. The zero-order chi connectivity index (χ0) is 14.6. The maximum absolute atomic E-state index is 12.3. The van der Waals surface area contributed by atoms with Crippen molar-refractivity contribution in [2.24, 2.45) is 0 Å². The fourth-order valence-corrected chi connectivity index (χ4v) is 2.44. The third-order valence-corrected chi connectivity index (χ3v) is 3.83. The molecule has 2 rings (SSSR count).